The monoisotopic (exact) mass is 539 g/mol. The highest BCUT2D eigenvalue weighted by atomic mass is 19.3. The van der Waals surface area contributed by atoms with Gasteiger partial charge in [0.15, 0.2) is 6.10 Å². The molecule has 1 heterocycles. The molecule has 0 bridgehead atoms. The lowest BCUT2D eigenvalue weighted by Crippen LogP contribution is -2.65. The van der Waals surface area contributed by atoms with Crippen molar-refractivity contribution in [2.45, 2.75) is 63.2 Å². The summed E-state index contributed by atoms with van der Waals surface area (Å²) in [7, 11) is 0. The Balaban J connectivity index is 1.66. The zero-order valence-corrected chi connectivity index (χ0v) is 21.8. The number of alkyl halides is 2. The number of carbonyl (C=O) groups is 1. The third-order valence-electron chi connectivity index (χ3n) is 6.39. The molecule has 1 fully saturated rings. The Morgan fingerprint density at radius 1 is 0.744 bits per heavy atom. The van der Waals surface area contributed by atoms with Crippen LogP contribution in [0.4, 0.5) is 8.78 Å². The number of benzene rings is 3. The molecule has 1 radical (unpaired) electrons. The largest absolute Gasteiger partial charge is 0.461 e. The maximum atomic E-state index is 15.5. The van der Waals surface area contributed by atoms with Crippen LogP contribution in [-0.2, 0) is 48.3 Å². The van der Waals surface area contributed by atoms with Crippen LogP contribution in [0.2, 0.25) is 0 Å². The smallest absolute Gasteiger partial charge is 0.379 e. The Kier molecular flexibility index (Phi) is 10.2. The fraction of sp³-hybridized carbons (Fsp3) is 0.355. The van der Waals surface area contributed by atoms with Crippen LogP contribution in [0.1, 0.15) is 23.6 Å². The zero-order valence-electron chi connectivity index (χ0n) is 21.8. The van der Waals surface area contributed by atoms with Gasteiger partial charge >= 0.3 is 11.9 Å². The van der Waals surface area contributed by atoms with Crippen molar-refractivity contribution in [2.75, 3.05) is 6.61 Å². The molecule has 0 unspecified atom stereocenters. The van der Waals surface area contributed by atoms with E-state index >= 15 is 8.78 Å². The predicted molar refractivity (Wildman–Crippen MR) is 141 cm³/mol. The van der Waals surface area contributed by atoms with Crippen LogP contribution >= 0.6 is 0 Å². The molecule has 1 aliphatic rings. The summed E-state index contributed by atoms with van der Waals surface area (Å²) < 4.78 is 60.0. The van der Waals surface area contributed by atoms with Gasteiger partial charge in [-0.15, -0.1) is 0 Å². The number of hydrogen-bond donors (Lipinski definition) is 0. The second-order valence-corrected chi connectivity index (χ2v) is 9.22. The van der Waals surface area contributed by atoms with Crippen molar-refractivity contribution < 1.29 is 37.3 Å². The molecule has 1 aliphatic heterocycles. The van der Waals surface area contributed by atoms with E-state index in [4.69, 9.17) is 18.9 Å². The van der Waals surface area contributed by atoms with Gasteiger partial charge < -0.3 is 23.7 Å². The van der Waals surface area contributed by atoms with Gasteiger partial charge in [0.05, 0.1) is 32.5 Å². The lowest BCUT2D eigenvalue weighted by atomic mass is 9.91. The van der Waals surface area contributed by atoms with Crippen LogP contribution in [0.25, 0.3) is 0 Å². The molecule has 4 rings (SSSR count). The van der Waals surface area contributed by atoms with Gasteiger partial charge in [-0.25, -0.2) is 4.79 Å². The summed E-state index contributed by atoms with van der Waals surface area (Å²) in [5.74, 6) is -5.72. The topological polar surface area (TPSA) is 63.2 Å². The Hall–Kier alpha value is -3.17. The highest BCUT2D eigenvalue weighted by Gasteiger charge is 2.60. The lowest BCUT2D eigenvalue weighted by molar-refractivity contribution is -0.295. The molecule has 207 valence electrons. The average Bonchev–Trinajstić information content (AvgIpc) is 2.96. The molecule has 0 amide bonds. The van der Waals surface area contributed by atoms with Gasteiger partial charge in [0, 0.05) is 0 Å². The summed E-state index contributed by atoms with van der Waals surface area (Å²) in [6.07, 6.45) is -6.40. The standard InChI is InChI=1S/C31H33F2O6/c1-3-35-30(34)31(32,33)29-28(38-21-25-17-11-6-12-18-25)27(37-20-24-15-9-5-10-16-24)26(22(2)39-29)36-19-23-13-7-4-8-14-23/h4-18,22,26-29H,2-3,19-21H2,1H3/t22-,26-,27+,28-,29-/m1/s1. The van der Waals surface area contributed by atoms with Crippen LogP contribution in [0.3, 0.4) is 0 Å². The van der Waals surface area contributed by atoms with Crippen LogP contribution < -0.4 is 0 Å². The van der Waals surface area contributed by atoms with Gasteiger partial charge in [0.2, 0.25) is 0 Å². The number of hydrogen-bond acceptors (Lipinski definition) is 6. The van der Waals surface area contributed by atoms with E-state index in [-0.39, 0.29) is 26.4 Å². The molecule has 5 atom stereocenters. The van der Waals surface area contributed by atoms with Gasteiger partial charge in [-0.1, -0.05) is 91.0 Å². The van der Waals surface area contributed by atoms with Crippen LogP contribution in [-0.4, -0.2) is 49.0 Å². The fourth-order valence-electron chi connectivity index (χ4n) is 4.42. The molecule has 3 aromatic carbocycles. The molecule has 0 aliphatic carbocycles. The molecule has 3 aromatic rings. The molecule has 0 saturated carbocycles. The zero-order chi connectivity index (χ0) is 27.7. The second kappa shape index (κ2) is 13.8. The van der Waals surface area contributed by atoms with E-state index in [1.54, 1.807) is 0 Å². The van der Waals surface area contributed by atoms with Crippen LogP contribution in [0.15, 0.2) is 91.0 Å². The van der Waals surface area contributed by atoms with Gasteiger partial charge in [0.25, 0.3) is 0 Å². The van der Waals surface area contributed by atoms with Gasteiger partial charge in [0.1, 0.15) is 18.3 Å². The maximum Gasteiger partial charge on any atom is 0.379 e. The van der Waals surface area contributed by atoms with Crippen molar-refractivity contribution in [2.24, 2.45) is 0 Å². The number of esters is 1. The average molecular weight is 540 g/mol. The highest BCUT2D eigenvalue weighted by molar-refractivity contribution is 5.78. The maximum absolute atomic E-state index is 15.5. The lowest BCUT2D eigenvalue weighted by Gasteiger charge is -2.46. The first-order chi connectivity index (χ1) is 18.9. The first-order valence-electron chi connectivity index (χ1n) is 12.9. The van der Waals surface area contributed by atoms with E-state index in [0.717, 1.165) is 16.7 Å². The quantitative estimate of drug-likeness (QED) is 0.282. The Labute approximate surface area is 227 Å². The first kappa shape index (κ1) is 28.8. The van der Waals surface area contributed by atoms with Crippen molar-refractivity contribution in [3.8, 4) is 0 Å². The Morgan fingerprint density at radius 2 is 1.15 bits per heavy atom. The molecule has 6 nitrogen and oxygen atoms in total. The minimum atomic E-state index is -4.02. The Morgan fingerprint density at radius 3 is 1.59 bits per heavy atom. The fourth-order valence-corrected chi connectivity index (χ4v) is 4.42. The number of rotatable bonds is 12. The van der Waals surface area contributed by atoms with E-state index in [1.165, 1.54) is 6.92 Å². The van der Waals surface area contributed by atoms with Gasteiger partial charge in [-0.3, -0.25) is 0 Å². The van der Waals surface area contributed by atoms with E-state index in [9.17, 15) is 4.79 Å². The number of carbonyl (C=O) groups excluding carboxylic acids is 1. The molecule has 0 aromatic heterocycles. The molecule has 8 heteroatoms. The second-order valence-electron chi connectivity index (χ2n) is 9.22. The van der Waals surface area contributed by atoms with E-state index in [0.29, 0.717) is 0 Å². The van der Waals surface area contributed by atoms with Crippen molar-refractivity contribution >= 4 is 5.97 Å². The van der Waals surface area contributed by atoms with Gasteiger partial charge in [-0.05, 0) is 30.5 Å². The number of ether oxygens (including phenoxy) is 5. The molecule has 39 heavy (non-hydrogen) atoms. The Bertz CT molecular complexity index is 1150. The summed E-state index contributed by atoms with van der Waals surface area (Å²) in [4.78, 5) is 12.4. The highest BCUT2D eigenvalue weighted by Crippen LogP contribution is 2.37. The van der Waals surface area contributed by atoms with E-state index in [2.05, 4.69) is 11.7 Å². The summed E-state index contributed by atoms with van der Waals surface area (Å²) in [6, 6.07) is 27.9. The van der Waals surface area contributed by atoms with E-state index in [1.807, 2.05) is 91.0 Å². The van der Waals surface area contributed by atoms with Crippen molar-refractivity contribution in [3.63, 3.8) is 0 Å². The third kappa shape index (κ3) is 7.48. The molecule has 0 N–H and O–H groups in total. The molecular weight excluding hydrogens is 506 g/mol. The van der Waals surface area contributed by atoms with Crippen molar-refractivity contribution in [1.82, 2.24) is 0 Å². The summed E-state index contributed by atoms with van der Waals surface area (Å²) in [5, 5.41) is 0. The predicted octanol–water partition coefficient (Wildman–Crippen LogP) is 5.54. The minimum absolute atomic E-state index is 0.0112. The SMILES string of the molecule is [CH2][C@H]1O[C@@H](C(F)(F)C(=O)OCC)[C@H](OCc2ccccc2)[C@@H](OCc2ccccc2)[C@@H]1OCc1ccccc1. The van der Waals surface area contributed by atoms with Crippen LogP contribution in [0, 0.1) is 6.92 Å². The molecule has 0 spiro atoms. The summed E-state index contributed by atoms with van der Waals surface area (Å²) in [6.45, 7) is 5.47. The van der Waals surface area contributed by atoms with E-state index < -0.39 is 42.4 Å². The minimum Gasteiger partial charge on any atom is -0.461 e. The third-order valence-corrected chi connectivity index (χ3v) is 6.39. The summed E-state index contributed by atoms with van der Waals surface area (Å²) >= 11 is 0. The van der Waals surface area contributed by atoms with Crippen molar-refractivity contribution in [3.05, 3.63) is 115 Å². The van der Waals surface area contributed by atoms with Crippen molar-refractivity contribution in [1.29, 1.82) is 0 Å². The van der Waals surface area contributed by atoms with Gasteiger partial charge in [-0.2, -0.15) is 8.78 Å². The number of halogens is 2. The molecular formula is C31H33F2O6. The first-order valence-corrected chi connectivity index (χ1v) is 12.9. The summed E-state index contributed by atoms with van der Waals surface area (Å²) in [5.41, 5.74) is 2.48. The van der Waals surface area contributed by atoms with Crippen LogP contribution in [0.5, 0.6) is 0 Å². The molecule has 1 saturated heterocycles. The normalized spacial score (nSPS) is 23.3.